The van der Waals surface area contributed by atoms with Gasteiger partial charge < -0.3 is 28.6 Å². The lowest BCUT2D eigenvalue weighted by molar-refractivity contribution is -0.143. The molecule has 0 atom stereocenters. The van der Waals surface area contributed by atoms with E-state index in [4.69, 9.17) is 18.0 Å². The number of nitrogens with one attached hydrogen (secondary N) is 2. The number of ether oxygens (including phenoxy) is 1. The highest BCUT2D eigenvalue weighted by molar-refractivity contribution is 6.60. The molecular weight excluding hydrogens is 516 g/mol. The summed E-state index contributed by atoms with van der Waals surface area (Å²) < 4.78 is 21.5. The summed E-state index contributed by atoms with van der Waals surface area (Å²) in [5, 5.41) is 6.57. The van der Waals surface area contributed by atoms with E-state index in [2.05, 4.69) is 10.6 Å². The van der Waals surface area contributed by atoms with Crippen LogP contribution in [-0.2, 0) is 22.8 Å². The van der Waals surface area contributed by atoms with Gasteiger partial charge in [0.25, 0.3) is 0 Å². The van der Waals surface area contributed by atoms with Gasteiger partial charge in [-0.15, -0.1) is 0 Å². The summed E-state index contributed by atoms with van der Waals surface area (Å²) >= 11 is 0. The molecule has 9 nitrogen and oxygen atoms in total. The molecule has 0 saturated heterocycles. The Hall–Kier alpha value is -2.89. The van der Waals surface area contributed by atoms with Crippen molar-refractivity contribution in [2.75, 3.05) is 52.9 Å². The van der Waals surface area contributed by atoms with Crippen molar-refractivity contribution in [3.05, 3.63) is 64.7 Å². The minimum Gasteiger partial charge on any atom is -0.466 e. The summed E-state index contributed by atoms with van der Waals surface area (Å²) in [7, 11) is 2.26. The molecule has 0 saturated carbocycles. The molecule has 2 N–H and O–H groups in total. The molecule has 0 radical (unpaired) electrons. The Kier molecular flexibility index (Phi) is 12.3. The molecule has 0 spiro atoms. The van der Waals surface area contributed by atoms with E-state index in [1.165, 1.54) is 0 Å². The Bertz CT molecular complexity index is 1110. The maximum Gasteiger partial charge on any atom is 0.500 e. The number of hydrogen-bond donors (Lipinski definition) is 2. The van der Waals surface area contributed by atoms with Crippen LogP contribution in [0.5, 0.6) is 0 Å². The number of hydrogen-bond acceptors (Lipinski definition) is 9. The molecule has 1 aliphatic rings. The summed E-state index contributed by atoms with van der Waals surface area (Å²) in [6, 6.07) is 13.0. The van der Waals surface area contributed by atoms with Crippen LogP contribution in [0.1, 0.15) is 70.4 Å². The smallest absolute Gasteiger partial charge is 0.466 e. The SMILES string of the molecule is CO[Si](CCCNCCC(=O)OCCCCCCNc1cccc2c1C(=O)c1ccccc1C2=O)(OC)OC. The summed E-state index contributed by atoms with van der Waals surface area (Å²) in [5.74, 6) is -0.432. The second-order valence-electron chi connectivity index (χ2n) is 9.39. The minimum absolute atomic E-state index is 0.113. The fourth-order valence-corrected chi connectivity index (χ4v) is 6.38. The molecule has 212 valence electrons. The van der Waals surface area contributed by atoms with Gasteiger partial charge in [0, 0.05) is 62.8 Å². The van der Waals surface area contributed by atoms with E-state index in [-0.39, 0.29) is 17.5 Å². The number of anilines is 1. The van der Waals surface area contributed by atoms with Gasteiger partial charge in [-0.1, -0.05) is 42.8 Å². The van der Waals surface area contributed by atoms with E-state index in [0.29, 0.717) is 60.1 Å². The first-order chi connectivity index (χ1) is 19.0. The van der Waals surface area contributed by atoms with Gasteiger partial charge in [0.1, 0.15) is 0 Å². The van der Waals surface area contributed by atoms with Crippen molar-refractivity contribution in [3.8, 4) is 0 Å². The van der Waals surface area contributed by atoms with Gasteiger partial charge in [-0.25, -0.2) is 0 Å². The van der Waals surface area contributed by atoms with E-state index in [9.17, 15) is 14.4 Å². The van der Waals surface area contributed by atoms with Crippen LogP contribution in [0.4, 0.5) is 5.69 Å². The normalized spacial score (nSPS) is 12.7. The third-order valence-electron chi connectivity index (χ3n) is 6.88. The van der Waals surface area contributed by atoms with E-state index in [1.54, 1.807) is 57.7 Å². The van der Waals surface area contributed by atoms with Gasteiger partial charge in [0.15, 0.2) is 11.6 Å². The van der Waals surface area contributed by atoms with Crippen LogP contribution in [0.3, 0.4) is 0 Å². The first kappa shape index (κ1) is 30.6. The topological polar surface area (TPSA) is 112 Å². The number of carbonyl (C=O) groups is 3. The summed E-state index contributed by atoms with van der Waals surface area (Å²) in [6.45, 7) is 2.41. The monoisotopic (exact) mass is 556 g/mol. The number of esters is 1. The fourth-order valence-electron chi connectivity index (χ4n) is 4.66. The molecule has 3 rings (SSSR count). The molecule has 0 aromatic heterocycles. The Morgan fingerprint density at radius 1 is 0.744 bits per heavy atom. The third-order valence-corrected chi connectivity index (χ3v) is 9.71. The molecule has 0 heterocycles. The Balaban J connectivity index is 1.25. The lowest BCUT2D eigenvalue weighted by Crippen LogP contribution is -2.43. The zero-order chi connectivity index (χ0) is 28.1. The molecule has 0 bridgehead atoms. The van der Waals surface area contributed by atoms with Crippen LogP contribution in [0.15, 0.2) is 42.5 Å². The molecule has 39 heavy (non-hydrogen) atoms. The van der Waals surface area contributed by atoms with Gasteiger partial charge in [-0.3, -0.25) is 14.4 Å². The van der Waals surface area contributed by atoms with Crippen molar-refractivity contribution in [2.45, 2.75) is 44.6 Å². The van der Waals surface area contributed by atoms with E-state index >= 15 is 0 Å². The van der Waals surface area contributed by atoms with Crippen molar-refractivity contribution < 1.29 is 32.4 Å². The number of fused-ring (bicyclic) bond motifs is 2. The summed E-state index contributed by atoms with van der Waals surface area (Å²) in [5.41, 5.74) is 2.52. The van der Waals surface area contributed by atoms with E-state index in [0.717, 1.165) is 38.6 Å². The summed E-state index contributed by atoms with van der Waals surface area (Å²) in [6.07, 6.45) is 4.78. The van der Waals surface area contributed by atoms with Crippen LogP contribution in [-0.4, -0.2) is 73.9 Å². The lowest BCUT2D eigenvalue weighted by atomic mass is 9.83. The Morgan fingerprint density at radius 3 is 2.13 bits per heavy atom. The minimum atomic E-state index is -2.54. The number of ketones is 2. The zero-order valence-electron chi connectivity index (χ0n) is 23.2. The molecule has 0 unspecified atom stereocenters. The second-order valence-corrected chi connectivity index (χ2v) is 12.5. The standard InChI is InChI=1S/C29H40N2O7Si/c1-35-39(36-2,37-3)21-11-17-30-19-16-26(32)38-20-9-5-4-8-18-31-25-15-10-14-24-27(25)29(34)23-13-7-6-12-22(23)28(24)33/h6-7,10,12-15,30-31H,4-5,8-9,11,16-21H2,1-3H3. The molecule has 0 aliphatic heterocycles. The lowest BCUT2D eigenvalue weighted by Gasteiger charge is -2.24. The highest BCUT2D eigenvalue weighted by Gasteiger charge is 2.36. The third kappa shape index (κ3) is 8.30. The zero-order valence-corrected chi connectivity index (χ0v) is 24.2. The highest BCUT2D eigenvalue weighted by Crippen LogP contribution is 2.31. The largest absolute Gasteiger partial charge is 0.500 e. The number of carbonyl (C=O) groups excluding carboxylic acids is 3. The van der Waals surface area contributed by atoms with Crippen molar-refractivity contribution in [1.29, 1.82) is 0 Å². The van der Waals surface area contributed by atoms with Gasteiger partial charge in [-0.05, 0) is 38.3 Å². The maximum atomic E-state index is 13.1. The molecule has 10 heteroatoms. The van der Waals surface area contributed by atoms with Gasteiger partial charge in [0.05, 0.1) is 18.6 Å². The maximum absolute atomic E-state index is 13.1. The quantitative estimate of drug-likeness (QED) is 0.135. The van der Waals surface area contributed by atoms with Crippen molar-refractivity contribution in [1.82, 2.24) is 5.32 Å². The van der Waals surface area contributed by atoms with Crippen LogP contribution in [0, 0.1) is 0 Å². The van der Waals surface area contributed by atoms with Gasteiger partial charge in [0.2, 0.25) is 0 Å². The number of unbranched alkanes of at least 4 members (excludes halogenated alkanes) is 3. The van der Waals surface area contributed by atoms with Gasteiger partial charge in [-0.2, -0.15) is 0 Å². The van der Waals surface area contributed by atoms with Crippen molar-refractivity contribution in [2.24, 2.45) is 0 Å². The Morgan fingerprint density at radius 2 is 1.41 bits per heavy atom. The molecule has 2 aromatic rings. The highest BCUT2D eigenvalue weighted by atomic mass is 28.4. The molecule has 2 aromatic carbocycles. The van der Waals surface area contributed by atoms with Crippen LogP contribution in [0.2, 0.25) is 6.04 Å². The average molecular weight is 557 g/mol. The summed E-state index contributed by atoms with van der Waals surface area (Å²) in [4.78, 5) is 37.9. The van der Waals surface area contributed by atoms with Crippen LogP contribution < -0.4 is 10.6 Å². The number of benzene rings is 2. The molecule has 1 aliphatic carbocycles. The predicted molar refractivity (Wildman–Crippen MR) is 151 cm³/mol. The molecule has 0 fully saturated rings. The average Bonchev–Trinajstić information content (AvgIpc) is 2.97. The first-order valence-corrected chi connectivity index (χ1v) is 15.5. The number of rotatable bonds is 18. The first-order valence-electron chi connectivity index (χ1n) is 13.5. The molecular formula is C29H40N2O7Si. The van der Waals surface area contributed by atoms with Crippen molar-refractivity contribution in [3.63, 3.8) is 0 Å². The van der Waals surface area contributed by atoms with Crippen LogP contribution in [0.25, 0.3) is 0 Å². The molecule has 0 amide bonds. The van der Waals surface area contributed by atoms with Crippen LogP contribution >= 0.6 is 0 Å². The van der Waals surface area contributed by atoms with E-state index < -0.39 is 8.80 Å². The Labute approximate surface area is 231 Å². The van der Waals surface area contributed by atoms with E-state index in [1.807, 2.05) is 6.07 Å². The van der Waals surface area contributed by atoms with Crippen molar-refractivity contribution >= 4 is 32.0 Å². The van der Waals surface area contributed by atoms with Gasteiger partial charge >= 0.3 is 14.8 Å². The predicted octanol–water partition coefficient (Wildman–Crippen LogP) is 4.23. The second kappa shape index (κ2) is 15.6. The fraction of sp³-hybridized carbons (Fsp3) is 0.483.